The number of fused-ring (bicyclic) bond motifs is 1. The van der Waals surface area contributed by atoms with Gasteiger partial charge < -0.3 is 14.6 Å². The lowest BCUT2D eigenvalue weighted by molar-refractivity contribution is -0.144. The molecule has 0 saturated carbocycles. The molecule has 1 heterocycles. The maximum absolute atomic E-state index is 10.9. The van der Waals surface area contributed by atoms with Crippen molar-refractivity contribution >= 4 is 16.9 Å². The van der Waals surface area contributed by atoms with Crippen LogP contribution in [-0.2, 0) is 4.79 Å². The maximum atomic E-state index is 10.9. The zero-order valence-corrected chi connectivity index (χ0v) is 12.5. The maximum Gasteiger partial charge on any atom is 0.344 e. The molecule has 1 N–H and O–H groups in total. The summed E-state index contributed by atoms with van der Waals surface area (Å²) in [6.07, 6.45) is -0.968. The second-order valence-corrected chi connectivity index (χ2v) is 4.99. The molecule has 5 nitrogen and oxygen atoms in total. The van der Waals surface area contributed by atoms with E-state index in [1.807, 2.05) is 30.3 Å². The number of carboxylic acid groups (broad SMARTS) is 1. The monoisotopic (exact) mass is 309 g/mol. The molecule has 1 atom stereocenters. The predicted molar refractivity (Wildman–Crippen MR) is 86.0 cm³/mol. The Balaban J connectivity index is 1.88. The topological polar surface area (TPSA) is 68.7 Å². The highest BCUT2D eigenvalue weighted by Gasteiger charge is 2.15. The smallest absolute Gasteiger partial charge is 0.344 e. The number of carbonyl (C=O) groups is 1. The fraction of sp³-hybridized carbons (Fsp3) is 0.111. The Kier molecular flexibility index (Phi) is 4.10. The van der Waals surface area contributed by atoms with Crippen LogP contribution >= 0.6 is 0 Å². The highest BCUT2D eigenvalue weighted by atomic mass is 16.5. The van der Waals surface area contributed by atoms with E-state index in [1.54, 1.807) is 30.3 Å². The zero-order valence-electron chi connectivity index (χ0n) is 12.5. The highest BCUT2D eigenvalue weighted by molar-refractivity contribution is 5.78. The summed E-state index contributed by atoms with van der Waals surface area (Å²) < 4.78 is 11.2. The number of hydrogen-bond donors (Lipinski definition) is 1. The minimum atomic E-state index is -1.04. The normalized spacial score (nSPS) is 11.9. The van der Waals surface area contributed by atoms with Crippen molar-refractivity contribution in [2.24, 2.45) is 0 Å². The molecule has 2 aromatic carbocycles. The Bertz CT molecular complexity index is 847. The van der Waals surface area contributed by atoms with Gasteiger partial charge in [0.1, 0.15) is 0 Å². The summed E-state index contributed by atoms with van der Waals surface area (Å²) in [5, 5.41) is 9.98. The first-order valence-electron chi connectivity index (χ1n) is 7.15. The number of ether oxygens (including phenoxy) is 2. The minimum Gasteiger partial charge on any atom is -0.479 e. The van der Waals surface area contributed by atoms with E-state index in [1.165, 1.54) is 6.92 Å². The van der Waals surface area contributed by atoms with Gasteiger partial charge in [-0.25, -0.2) is 9.78 Å². The summed E-state index contributed by atoms with van der Waals surface area (Å²) in [4.78, 5) is 15.4. The van der Waals surface area contributed by atoms with Gasteiger partial charge in [0.25, 0.3) is 0 Å². The Morgan fingerprint density at radius 1 is 1.00 bits per heavy atom. The fourth-order valence-electron chi connectivity index (χ4n) is 2.09. The Morgan fingerprint density at radius 2 is 1.70 bits per heavy atom. The molecule has 0 aliphatic heterocycles. The molecule has 1 unspecified atom stereocenters. The van der Waals surface area contributed by atoms with Crippen LogP contribution in [-0.4, -0.2) is 22.2 Å². The van der Waals surface area contributed by atoms with Crippen LogP contribution < -0.4 is 9.47 Å². The van der Waals surface area contributed by atoms with Crippen molar-refractivity contribution in [3.05, 3.63) is 60.7 Å². The molecule has 0 spiro atoms. The molecular weight excluding hydrogens is 294 g/mol. The van der Waals surface area contributed by atoms with Crippen molar-refractivity contribution in [1.82, 2.24) is 4.98 Å². The SMILES string of the molecule is CC(Oc1ccccc1Oc1ccc2ccccc2n1)C(=O)O. The number of hydrogen-bond acceptors (Lipinski definition) is 4. The van der Waals surface area contributed by atoms with E-state index in [0.717, 1.165) is 10.9 Å². The van der Waals surface area contributed by atoms with Crippen molar-refractivity contribution in [2.75, 3.05) is 0 Å². The average molecular weight is 309 g/mol. The van der Waals surface area contributed by atoms with Gasteiger partial charge in [-0.1, -0.05) is 30.3 Å². The van der Waals surface area contributed by atoms with Crippen LogP contribution in [0.25, 0.3) is 10.9 Å². The number of nitrogens with zero attached hydrogens (tertiary/aromatic N) is 1. The van der Waals surface area contributed by atoms with Crippen LogP contribution in [0.15, 0.2) is 60.7 Å². The van der Waals surface area contributed by atoms with Gasteiger partial charge in [0.05, 0.1) is 5.52 Å². The largest absolute Gasteiger partial charge is 0.479 e. The van der Waals surface area contributed by atoms with Gasteiger partial charge in [-0.05, 0) is 31.2 Å². The van der Waals surface area contributed by atoms with Crippen molar-refractivity contribution in [3.63, 3.8) is 0 Å². The van der Waals surface area contributed by atoms with E-state index in [9.17, 15) is 4.79 Å². The molecule has 23 heavy (non-hydrogen) atoms. The van der Waals surface area contributed by atoms with Crippen LogP contribution in [0.1, 0.15) is 6.92 Å². The van der Waals surface area contributed by atoms with E-state index in [2.05, 4.69) is 4.98 Å². The third-order valence-electron chi connectivity index (χ3n) is 3.29. The van der Waals surface area contributed by atoms with Crippen LogP contribution in [0.4, 0.5) is 0 Å². The van der Waals surface area contributed by atoms with Gasteiger partial charge in [0.2, 0.25) is 5.88 Å². The van der Waals surface area contributed by atoms with Crippen molar-refractivity contribution in [2.45, 2.75) is 13.0 Å². The number of carboxylic acids is 1. The number of rotatable bonds is 5. The second kappa shape index (κ2) is 6.36. The highest BCUT2D eigenvalue weighted by Crippen LogP contribution is 2.31. The molecule has 1 aromatic heterocycles. The Labute approximate surface area is 133 Å². The lowest BCUT2D eigenvalue weighted by Crippen LogP contribution is -2.23. The van der Waals surface area contributed by atoms with Crippen molar-refractivity contribution in [3.8, 4) is 17.4 Å². The number of para-hydroxylation sites is 3. The summed E-state index contributed by atoms with van der Waals surface area (Å²) in [7, 11) is 0. The zero-order chi connectivity index (χ0) is 16.2. The van der Waals surface area contributed by atoms with Crippen LogP contribution in [0, 0.1) is 0 Å². The van der Waals surface area contributed by atoms with Gasteiger partial charge in [-0.3, -0.25) is 0 Å². The summed E-state index contributed by atoms with van der Waals surface area (Å²) >= 11 is 0. The molecule has 0 aliphatic rings. The van der Waals surface area contributed by atoms with E-state index >= 15 is 0 Å². The van der Waals surface area contributed by atoms with E-state index in [0.29, 0.717) is 17.4 Å². The number of benzene rings is 2. The molecule has 0 bridgehead atoms. The molecule has 0 saturated heterocycles. The molecule has 0 radical (unpaired) electrons. The van der Waals surface area contributed by atoms with Crippen LogP contribution in [0.3, 0.4) is 0 Å². The lowest BCUT2D eigenvalue weighted by atomic mass is 10.2. The molecule has 0 fully saturated rings. The Hall–Kier alpha value is -3.08. The van der Waals surface area contributed by atoms with Gasteiger partial charge in [-0.15, -0.1) is 0 Å². The van der Waals surface area contributed by atoms with Gasteiger partial charge in [-0.2, -0.15) is 0 Å². The fourth-order valence-corrected chi connectivity index (χ4v) is 2.09. The first kappa shape index (κ1) is 14.8. The number of aliphatic carboxylic acids is 1. The second-order valence-electron chi connectivity index (χ2n) is 4.99. The first-order chi connectivity index (χ1) is 11.1. The molecule has 116 valence electrons. The predicted octanol–water partition coefficient (Wildman–Crippen LogP) is 3.88. The summed E-state index contributed by atoms with van der Waals surface area (Å²) in [5.41, 5.74) is 0.822. The third kappa shape index (κ3) is 3.40. The quantitative estimate of drug-likeness (QED) is 0.774. The molecule has 3 rings (SSSR count). The lowest BCUT2D eigenvalue weighted by Gasteiger charge is -2.14. The molecule has 5 heteroatoms. The molecule has 3 aromatic rings. The minimum absolute atomic E-state index is 0.359. The average Bonchev–Trinajstić information content (AvgIpc) is 2.56. The van der Waals surface area contributed by atoms with Gasteiger partial charge >= 0.3 is 5.97 Å². The van der Waals surface area contributed by atoms with Crippen molar-refractivity contribution < 1.29 is 19.4 Å². The third-order valence-corrected chi connectivity index (χ3v) is 3.29. The standard InChI is InChI=1S/C18H15NO4/c1-12(18(20)21)22-15-8-4-5-9-16(15)23-17-11-10-13-6-2-3-7-14(13)19-17/h2-12H,1H3,(H,20,21). The van der Waals surface area contributed by atoms with Crippen LogP contribution in [0.2, 0.25) is 0 Å². The van der Waals surface area contributed by atoms with Gasteiger partial charge in [0, 0.05) is 11.5 Å². The molecule has 0 amide bonds. The first-order valence-corrected chi connectivity index (χ1v) is 7.15. The summed E-state index contributed by atoms with van der Waals surface area (Å²) in [6, 6.07) is 18.3. The van der Waals surface area contributed by atoms with Crippen LogP contribution in [0.5, 0.6) is 17.4 Å². The summed E-state index contributed by atoms with van der Waals surface area (Å²) in [6.45, 7) is 1.47. The Morgan fingerprint density at radius 3 is 2.48 bits per heavy atom. The van der Waals surface area contributed by atoms with E-state index in [4.69, 9.17) is 14.6 Å². The van der Waals surface area contributed by atoms with Gasteiger partial charge in [0.15, 0.2) is 17.6 Å². The van der Waals surface area contributed by atoms with E-state index < -0.39 is 12.1 Å². The van der Waals surface area contributed by atoms with Crippen molar-refractivity contribution in [1.29, 1.82) is 0 Å². The number of pyridine rings is 1. The molecular formula is C18H15NO4. The molecule has 0 aliphatic carbocycles. The number of aromatic nitrogens is 1. The summed E-state index contributed by atoms with van der Waals surface area (Å²) in [5.74, 6) is 0.159. The van der Waals surface area contributed by atoms with E-state index in [-0.39, 0.29) is 0 Å².